The van der Waals surface area contributed by atoms with Crippen LogP contribution in [0, 0.1) is 0 Å². The lowest BCUT2D eigenvalue weighted by atomic mass is 10.0. The molecule has 1 amide bonds. The Bertz CT molecular complexity index is 1160. The lowest BCUT2D eigenvalue weighted by Crippen LogP contribution is -2.34. The number of carbonyl (C=O) groups excluding carboxylic acids is 1. The van der Waals surface area contributed by atoms with Crippen LogP contribution in [0.3, 0.4) is 0 Å². The zero-order valence-electron chi connectivity index (χ0n) is 18.4. The van der Waals surface area contributed by atoms with Crippen LogP contribution in [0.4, 0.5) is 0 Å². The van der Waals surface area contributed by atoms with Crippen LogP contribution in [-0.2, 0) is 0 Å². The SMILES string of the molecule is CCC(CC)NC(=O)c1cncn1-c1cccc(-c2ccc(Oc3ccccc3)cc2)c1. The first-order chi connectivity index (χ1) is 15.7. The second-order valence-corrected chi connectivity index (χ2v) is 7.63. The number of benzene rings is 3. The monoisotopic (exact) mass is 425 g/mol. The van der Waals surface area contributed by atoms with E-state index in [1.54, 1.807) is 12.5 Å². The van der Waals surface area contributed by atoms with Crippen molar-refractivity contribution in [2.75, 3.05) is 0 Å². The van der Waals surface area contributed by atoms with Crippen molar-refractivity contribution in [2.24, 2.45) is 0 Å². The molecule has 0 aliphatic heterocycles. The Morgan fingerprint density at radius 2 is 1.62 bits per heavy atom. The van der Waals surface area contributed by atoms with Gasteiger partial charge in [0.1, 0.15) is 17.2 Å². The summed E-state index contributed by atoms with van der Waals surface area (Å²) in [5, 5.41) is 3.09. The first-order valence-electron chi connectivity index (χ1n) is 10.9. The summed E-state index contributed by atoms with van der Waals surface area (Å²) in [7, 11) is 0. The molecule has 32 heavy (non-hydrogen) atoms. The predicted octanol–water partition coefficient (Wildman–Crippen LogP) is 6.25. The van der Waals surface area contributed by atoms with Crippen LogP contribution in [0.1, 0.15) is 37.2 Å². The number of para-hydroxylation sites is 1. The summed E-state index contributed by atoms with van der Waals surface area (Å²) in [6.45, 7) is 4.15. The number of hydrogen-bond acceptors (Lipinski definition) is 3. The van der Waals surface area contributed by atoms with E-state index in [1.165, 1.54) is 0 Å². The molecule has 1 N–H and O–H groups in total. The van der Waals surface area contributed by atoms with Crippen LogP contribution in [0.15, 0.2) is 91.4 Å². The molecule has 0 saturated heterocycles. The number of rotatable bonds is 8. The second-order valence-electron chi connectivity index (χ2n) is 7.63. The molecule has 0 saturated carbocycles. The number of carbonyl (C=O) groups is 1. The predicted molar refractivity (Wildman–Crippen MR) is 127 cm³/mol. The van der Waals surface area contributed by atoms with Gasteiger partial charge in [-0.15, -0.1) is 0 Å². The Morgan fingerprint density at radius 3 is 2.34 bits per heavy atom. The van der Waals surface area contributed by atoms with Gasteiger partial charge in [0, 0.05) is 11.7 Å². The topological polar surface area (TPSA) is 56.2 Å². The Kier molecular flexibility index (Phi) is 6.66. The van der Waals surface area contributed by atoms with Gasteiger partial charge in [-0.2, -0.15) is 0 Å². The summed E-state index contributed by atoms with van der Waals surface area (Å²) in [6, 6.07) is 25.9. The van der Waals surface area contributed by atoms with E-state index < -0.39 is 0 Å². The smallest absolute Gasteiger partial charge is 0.270 e. The van der Waals surface area contributed by atoms with Gasteiger partial charge >= 0.3 is 0 Å². The summed E-state index contributed by atoms with van der Waals surface area (Å²) < 4.78 is 7.71. The molecular formula is C27H27N3O2. The maximum absolute atomic E-state index is 12.8. The molecule has 0 aliphatic rings. The van der Waals surface area contributed by atoms with Crippen molar-refractivity contribution in [1.82, 2.24) is 14.9 Å². The molecule has 0 bridgehead atoms. The van der Waals surface area contributed by atoms with Crippen LogP contribution in [0.2, 0.25) is 0 Å². The van der Waals surface area contributed by atoms with Gasteiger partial charge in [0.05, 0.1) is 12.5 Å². The molecule has 162 valence electrons. The quantitative estimate of drug-likeness (QED) is 0.363. The zero-order chi connectivity index (χ0) is 22.3. The normalized spacial score (nSPS) is 10.8. The maximum Gasteiger partial charge on any atom is 0.270 e. The molecule has 0 spiro atoms. The van der Waals surface area contributed by atoms with Crippen LogP contribution in [0.5, 0.6) is 11.5 Å². The molecule has 0 unspecified atom stereocenters. The molecule has 4 rings (SSSR count). The van der Waals surface area contributed by atoms with Gasteiger partial charge in [-0.3, -0.25) is 9.36 Å². The van der Waals surface area contributed by atoms with E-state index in [1.807, 2.05) is 71.3 Å². The fourth-order valence-electron chi connectivity index (χ4n) is 3.60. The minimum Gasteiger partial charge on any atom is -0.457 e. The molecule has 3 aromatic carbocycles. The Labute approximate surface area is 188 Å². The van der Waals surface area contributed by atoms with E-state index in [4.69, 9.17) is 4.74 Å². The molecule has 0 radical (unpaired) electrons. The van der Waals surface area contributed by atoms with Crippen LogP contribution < -0.4 is 10.1 Å². The van der Waals surface area contributed by atoms with Crippen LogP contribution in [0.25, 0.3) is 16.8 Å². The molecular weight excluding hydrogens is 398 g/mol. The van der Waals surface area contributed by atoms with E-state index in [2.05, 4.69) is 36.3 Å². The molecule has 0 fully saturated rings. The van der Waals surface area contributed by atoms with Gasteiger partial charge in [0.2, 0.25) is 0 Å². The highest BCUT2D eigenvalue weighted by Crippen LogP contribution is 2.27. The number of nitrogens with zero attached hydrogens (tertiary/aromatic N) is 2. The number of aromatic nitrogens is 2. The van der Waals surface area contributed by atoms with Crippen molar-refractivity contribution in [1.29, 1.82) is 0 Å². The Hall–Kier alpha value is -3.86. The number of ether oxygens (including phenoxy) is 1. The molecule has 1 aromatic heterocycles. The van der Waals surface area contributed by atoms with E-state index in [0.717, 1.165) is 41.2 Å². The average molecular weight is 426 g/mol. The summed E-state index contributed by atoms with van der Waals surface area (Å²) in [5.41, 5.74) is 3.53. The number of imidazole rings is 1. The number of hydrogen-bond donors (Lipinski definition) is 1. The fourth-order valence-corrected chi connectivity index (χ4v) is 3.60. The summed E-state index contributed by atoms with van der Waals surface area (Å²) in [6.07, 6.45) is 5.09. The second kappa shape index (κ2) is 9.96. The Balaban J connectivity index is 1.55. The third-order valence-corrected chi connectivity index (χ3v) is 5.48. The lowest BCUT2D eigenvalue weighted by molar-refractivity contribution is 0.0928. The number of nitrogens with one attached hydrogen (secondary N) is 1. The van der Waals surface area contributed by atoms with Crippen molar-refractivity contribution in [3.8, 4) is 28.3 Å². The zero-order valence-corrected chi connectivity index (χ0v) is 18.4. The molecule has 5 heteroatoms. The highest BCUT2D eigenvalue weighted by molar-refractivity contribution is 5.93. The van der Waals surface area contributed by atoms with Crippen molar-refractivity contribution >= 4 is 5.91 Å². The Morgan fingerprint density at radius 1 is 0.906 bits per heavy atom. The van der Waals surface area contributed by atoms with Crippen molar-refractivity contribution in [3.05, 3.63) is 97.1 Å². The van der Waals surface area contributed by atoms with Crippen molar-refractivity contribution < 1.29 is 9.53 Å². The molecule has 4 aromatic rings. The first kappa shape index (κ1) is 21.4. The van der Waals surface area contributed by atoms with E-state index in [-0.39, 0.29) is 11.9 Å². The van der Waals surface area contributed by atoms with Gasteiger partial charge in [0.25, 0.3) is 5.91 Å². The van der Waals surface area contributed by atoms with E-state index in [9.17, 15) is 4.79 Å². The standard InChI is InChI=1S/C27H27N3O2/c1-3-22(4-2)29-27(31)26-18-28-19-30(26)23-10-8-9-21(17-23)20-13-15-25(16-14-20)32-24-11-6-5-7-12-24/h5-19,22H,3-4H2,1-2H3,(H,29,31). The van der Waals surface area contributed by atoms with Gasteiger partial charge in [-0.1, -0.05) is 56.3 Å². The maximum atomic E-state index is 12.8. The molecule has 1 heterocycles. The third-order valence-electron chi connectivity index (χ3n) is 5.48. The van der Waals surface area contributed by atoms with Gasteiger partial charge in [-0.25, -0.2) is 4.98 Å². The van der Waals surface area contributed by atoms with E-state index >= 15 is 0 Å². The summed E-state index contributed by atoms with van der Waals surface area (Å²) >= 11 is 0. The van der Waals surface area contributed by atoms with Gasteiger partial charge in [-0.05, 0) is 60.4 Å². The van der Waals surface area contributed by atoms with Crippen molar-refractivity contribution in [3.63, 3.8) is 0 Å². The molecule has 0 aliphatic carbocycles. The molecule has 0 atom stereocenters. The lowest BCUT2D eigenvalue weighted by Gasteiger charge is -2.16. The van der Waals surface area contributed by atoms with Crippen molar-refractivity contribution in [2.45, 2.75) is 32.7 Å². The summed E-state index contributed by atoms with van der Waals surface area (Å²) in [5.74, 6) is 1.48. The fraction of sp³-hybridized carbons (Fsp3) is 0.185. The molecule has 5 nitrogen and oxygen atoms in total. The minimum atomic E-state index is -0.107. The van der Waals surface area contributed by atoms with Gasteiger partial charge < -0.3 is 10.1 Å². The largest absolute Gasteiger partial charge is 0.457 e. The van der Waals surface area contributed by atoms with Crippen LogP contribution >= 0.6 is 0 Å². The average Bonchev–Trinajstić information content (AvgIpc) is 3.34. The first-order valence-corrected chi connectivity index (χ1v) is 10.9. The van der Waals surface area contributed by atoms with Crippen LogP contribution in [-0.4, -0.2) is 21.5 Å². The van der Waals surface area contributed by atoms with E-state index in [0.29, 0.717) is 5.69 Å². The highest BCUT2D eigenvalue weighted by Gasteiger charge is 2.16. The number of amides is 1. The third kappa shape index (κ3) is 4.89. The summed E-state index contributed by atoms with van der Waals surface area (Å²) in [4.78, 5) is 17.0. The highest BCUT2D eigenvalue weighted by atomic mass is 16.5. The minimum absolute atomic E-state index is 0.107. The van der Waals surface area contributed by atoms with Gasteiger partial charge in [0.15, 0.2) is 0 Å².